The summed E-state index contributed by atoms with van der Waals surface area (Å²) in [5, 5.41) is 0. The van der Waals surface area contributed by atoms with Crippen LogP contribution in [-0.4, -0.2) is 34.4 Å². The molecule has 27 heavy (non-hydrogen) atoms. The highest BCUT2D eigenvalue weighted by Crippen LogP contribution is 2.35. The van der Waals surface area contributed by atoms with E-state index in [2.05, 4.69) is 0 Å². The molecule has 0 amide bonds. The predicted molar refractivity (Wildman–Crippen MR) is 101 cm³/mol. The lowest BCUT2D eigenvalue weighted by Gasteiger charge is -2.09. The van der Waals surface area contributed by atoms with Crippen LogP contribution in [0, 0.1) is 0 Å². The minimum Gasteiger partial charge on any atom is -0.497 e. The average Bonchev–Trinajstić information content (AvgIpc) is 3.08. The van der Waals surface area contributed by atoms with Gasteiger partial charge in [0.15, 0.2) is 11.5 Å². The Morgan fingerprint density at radius 1 is 0.815 bits per heavy atom. The number of carbonyl (C=O) groups excluding carboxylic acids is 1. The Morgan fingerprint density at radius 3 is 2.22 bits per heavy atom. The second-order valence-corrected chi connectivity index (χ2v) is 5.68. The van der Waals surface area contributed by atoms with Gasteiger partial charge in [-0.25, -0.2) is 4.79 Å². The number of methoxy groups -OCH3 is 4. The predicted octanol–water partition coefficient (Wildman–Crippen LogP) is 3.70. The molecule has 2 aromatic carbocycles. The van der Waals surface area contributed by atoms with Gasteiger partial charge < -0.3 is 23.7 Å². The number of hydrogen-bond acceptors (Lipinski definition) is 6. The van der Waals surface area contributed by atoms with E-state index in [4.69, 9.17) is 23.7 Å². The Hall–Kier alpha value is -3.41. The maximum Gasteiger partial charge on any atom is 0.343 e. The molecule has 1 heterocycles. The van der Waals surface area contributed by atoms with E-state index in [0.717, 1.165) is 5.56 Å². The molecule has 1 aliphatic rings. The van der Waals surface area contributed by atoms with E-state index in [-0.39, 0.29) is 0 Å². The van der Waals surface area contributed by atoms with E-state index in [1.54, 1.807) is 70.9 Å². The highest BCUT2D eigenvalue weighted by Gasteiger charge is 2.23. The summed E-state index contributed by atoms with van der Waals surface area (Å²) in [4.78, 5) is 12.3. The summed E-state index contributed by atoms with van der Waals surface area (Å²) in [5.74, 6) is 2.44. The molecule has 0 N–H and O–H groups in total. The van der Waals surface area contributed by atoms with Crippen LogP contribution in [0.4, 0.5) is 0 Å². The van der Waals surface area contributed by atoms with Gasteiger partial charge in [0.05, 0.1) is 34.0 Å². The zero-order valence-electron chi connectivity index (χ0n) is 15.6. The Balaban J connectivity index is 1.96. The average molecular weight is 368 g/mol. The van der Waals surface area contributed by atoms with Crippen molar-refractivity contribution < 1.29 is 28.5 Å². The molecule has 0 unspecified atom stereocenters. The summed E-state index contributed by atoms with van der Waals surface area (Å²) in [7, 11) is 6.27. The van der Waals surface area contributed by atoms with E-state index >= 15 is 0 Å². The second-order valence-electron chi connectivity index (χ2n) is 5.68. The molecule has 6 nitrogen and oxygen atoms in total. The Morgan fingerprint density at radius 2 is 1.56 bits per heavy atom. The molecule has 0 saturated carbocycles. The van der Waals surface area contributed by atoms with Crippen LogP contribution in [0.3, 0.4) is 0 Å². The Labute approximate surface area is 157 Å². The highest BCUT2D eigenvalue weighted by molar-refractivity contribution is 6.05. The van der Waals surface area contributed by atoms with Crippen LogP contribution < -0.4 is 18.9 Å². The van der Waals surface area contributed by atoms with Gasteiger partial charge in [0, 0.05) is 17.2 Å². The Bertz CT molecular complexity index is 926. The number of hydrogen-bond donors (Lipinski definition) is 0. The molecule has 0 saturated heterocycles. The van der Waals surface area contributed by atoms with Crippen LogP contribution in [0.25, 0.3) is 11.8 Å². The van der Waals surface area contributed by atoms with Gasteiger partial charge in [0.2, 0.25) is 0 Å². The standard InChI is InChI=1S/C21H20O6/c1-23-16-7-5-13(18(12-16)25-3)9-15-11-19(27-21(15)22)14-6-8-17(24-2)20(10-14)26-4/h5-12H,1-4H3/b15-9-. The number of cyclic esters (lactones) is 1. The van der Waals surface area contributed by atoms with Crippen molar-refractivity contribution in [3.63, 3.8) is 0 Å². The summed E-state index contributed by atoms with van der Waals surface area (Å²) in [6.45, 7) is 0. The molecule has 3 rings (SSSR count). The summed E-state index contributed by atoms with van der Waals surface area (Å²) >= 11 is 0. The third kappa shape index (κ3) is 3.74. The third-order valence-corrected chi connectivity index (χ3v) is 4.14. The minimum atomic E-state index is -0.433. The van der Waals surface area contributed by atoms with Crippen LogP contribution in [0.5, 0.6) is 23.0 Å². The molecule has 2 aromatic rings. The quantitative estimate of drug-likeness (QED) is 0.572. The van der Waals surface area contributed by atoms with Gasteiger partial charge >= 0.3 is 5.97 Å². The molecule has 0 bridgehead atoms. The zero-order chi connectivity index (χ0) is 19.4. The van der Waals surface area contributed by atoms with Crippen molar-refractivity contribution in [3.05, 3.63) is 59.2 Å². The molecule has 0 spiro atoms. The fraction of sp³-hybridized carbons (Fsp3) is 0.190. The lowest BCUT2D eigenvalue weighted by atomic mass is 10.1. The normalized spacial score (nSPS) is 14.6. The van der Waals surface area contributed by atoms with Crippen LogP contribution in [0.2, 0.25) is 0 Å². The Kier molecular flexibility index (Phi) is 5.35. The number of benzene rings is 2. The van der Waals surface area contributed by atoms with Crippen LogP contribution in [-0.2, 0) is 9.53 Å². The molecule has 1 aliphatic heterocycles. The number of esters is 1. The van der Waals surface area contributed by atoms with Gasteiger partial charge in [0.1, 0.15) is 17.3 Å². The number of ether oxygens (including phenoxy) is 5. The summed E-state index contributed by atoms with van der Waals surface area (Å²) < 4.78 is 26.5. The molecule has 140 valence electrons. The van der Waals surface area contributed by atoms with Crippen molar-refractivity contribution in [2.45, 2.75) is 0 Å². The van der Waals surface area contributed by atoms with Crippen LogP contribution in [0.15, 0.2) is 48.0 Å². The molecule has 0 radical (unpaired) electrons. The minimum absolute atomic E-state index is 0.420. The highest BCUT2D eigenvalue weighted by atomic mass is 16.5. The van der Waals surface area contributed by atoms with Crippen molar-refractivity contribution in [1.29, 1.82) is 0 Å². The fourth-order valence-electron chi connectivity index (χ4n) is 2.73. The van der Waals surface area contributed by atoms with E-state index < -0.39 is 5.97 Å². The molecule has 0 fully saturated rings. The van der Waals surface area contributed by atoms with E-state index in [9.17, 15) is 4.79 Å². The molecular formula is C21H20O6. The summed E-state index contributed by atoms with van der Waals surface area (Å²) in [6, 6.07) is 10.7. The van der Waals surface area contributed by atoms with Gasteiger partial charge in [-0.2, -0.15) is 0 Å². The second kappa shape index (κ2) is 7.86. The van der Waals surface area contributed by atoms with E-state index in [1.807, 2.05) is 6.07 Å². The van der Waals surface area contributed by atoms with E-state index in [1.165, 1.54) is 0 Å². The molecule has 0 aliphatic carbocycles. The van der Waals surface area contributed by atoms with Gasteiger partial charge in [-0.15, -0.1) is 0 Å². The monoisotopic (exact) mass is 368 g/mol. The lowest BCUT2D eigenvalue weighted by molar-refractivity contribution is -0.130. The zero-order valence-corrected chi connectivity index (χ0v) is 15.6. The summed E-state index contributed by atoms with van der Waals surface area (Å²) in [6.07, 6.45) is 3.40. The summed E-state index contributed by atoms with van der Waals surface area (Å²) in [5.41, 5.74) is 1.88. The first-order valence-corrected chi connectivity index (χ1v) is 8.19. The largest absolute Gasteiger partial charge is 0.497 e. The number of carbonyl (C=O) groups is 1. The first-order chi connectivity index (χ1) is 13.1. The van der Waals surface area contributed by atoms with Gasteiger partial charge in [-0.1, -0.05) is 0 Å². The maximum absolute atomic E-state index is 12.3. The lowest BCUT2D eigenvalue weighted by Crippen LogP contribution is -1.98. The van der Waals surface area contributed by atoms with Crippen LogP contribution >= 0.6 is 0 Å². The molecule has 6 heteroatoms. The first-order valence-electron chi connectivity index (χ1n) is 8.19. The third-order valence-electron chi connectivity index (χ3n) is 4.14. The van der Waals surface area contributed by atoms with Gasteiger partial charge in [-0.3, -0.25) is 0 Å². The van der Waals surface area contributed by atoms with Gasteiger partial charge in [0.25, 0.3) is 0 Å². The molecule has 0 aromatic heterocycles. The van der Waals surface area contributed by atoms with Crippen molar-refractivity contribution >= 4 is 17.8 Å². The molecular weight excluding hydrogens is 348 g/mol. The SMILES string of the molecule is COc1ccc(/C=C2/C=C(c3ccc(OC)c(OC)c3)OC2=O)c(OC)c1. The van der Waals surface area contributed by atoms with E-state index in [0.29, 0.717) is 39.9 Å². The fourth-order valence-corrected chi connectivity index (χ4v) is 2.73. The van der Waals surface area contributed by atoms with Crippen molar-refractivity contribution in [2.75, 3.05) is 28.4 Å². The van der Waals surface area contributed by atoms with Crippen molar-refractivity contribution in [3.8, 4) is 23.0 Å². The van der Waals surface area contributed by atoms with Crippen molar-refractivity contribution in [2.24, 2.45) is 0 Å². The first kappa shape index (κ1) is 18.4. The van der Waals surface area contributed by atoms with Crippen molar-refractivity contribution in [1.82, 2.24) is 0 Å². The van der Waals surface area contributed by atoms with Crippen LogP contribution in [0.1, 0.15) is 11.1 Å². The molecule has 0 atom stereocenters. The maximum atomic E-state index is 12.3. The number of rotatable bonds is 6. The smallest absolute Gasteiger partial charge is 0.343 e. The van der Waals surface area contributed by atoms with Gasteiger partial charge in [-0.05, 0) is 42.5 Å². The topological polar surface area (TPSA) is 63.2 Å².